The summed E-state index contributed by atoms with van der Waals surface area (Å²) in [5.74, 6) is -0.492. The van der Waals surface area contributed by atoms with Gasteiger partial charge in [-0.15, -0.1) is 0 Å². The van der Waals surface area contributed by atoms with Gasteiger partial charge < -0.3 is 10.6 Å². The largest absolute Gasteiger partial charge is 0.347 e. The number of nitrogens with one attached hydrogen (secondary N) is 2. The minimum Gasteiger partial charge on any atom is -0.347 e. The Morgan fingerprint density at radius 1 is 1.00 bits per heavy atom. The van der Waals surface area contributed by atoms with Gasteiger partial charge >= 0.3 is 0 Å². The van der Waals surface area contributed by atoms with E-state index in [1.807, 2.05) is 51.1 Å². The molecule has 0 aliphatic heterocycles. The molecule has 0 aliphatic carbocycles. The first-order valence-electron chi connectivity index (χ1n) is 7.74. The lowest BCUT2D eigenvalue weighted by Crippen LogP contribution is -2.34. The van der Waals surface area contributed by atoms with Crippen molar-refractivity contribution < 1.29 is 9.59 Å². The summed E-state index contributed by atoms with van der Waals surface area (Å²) in [7, 11) is 0. The number of halogens is 1. The second-order valence-electron chi connectivity index (χ2n) is 5.87. The van der Waals surface area contributed by atoms with Gasteiger partial charge in [0.2, 0.25) is 11.8 Å². The van der Waals surface area contributed by atoms with Crippen molar-refractivity contribution in [3.05, 3.63) is 63.7 Å². The third kappa shape index (κ3) is 4.83. The van der Waals surface area contributed by atoms with Crippen molar-refractivity contribution in [2.45, 2.75) is 27.2 Å². The maximum Gasteiger partial charge on any atom is 0.243 e. The molecule has 0 bridgehead atoms. The molecule has 0 unspecified atom stereocenters. The summed E-state index contributed by atoms with van der Waals surface area (Å²) in [6, 6.07) is 11.4. The number of amides is 2. The zero-order valence-corrected chi connectivity index (χ0v) is 14.8. The SMILES string of the molecule is Cc1cc(C)c(NC(=O)CNC(=O)Cc2ccccc2C)c(Cl)c1. The molecule has 2 rings (SSSR count). The third-order valence-corrected chi connectivity index (χ3v) is 4.05. The zero-order chi connectivity index (χ0) is 17.7. The summed E-state index contributed by atoms with van der Waals surface area (Å²) in [5.41, 5.74) is 4.51. The second-order valence-corrected chi connectivity index (χ2v) is 6.27. The molecule has 0 fully saturated rings. The van der Waals surface area contributed by atoms with E-state index in [0.717, 1.165) is 22.3 Å². The van der Waals surface area contributed by atoms with Crippen LogP contribution in [0.2, 0.25) is 5.02 Å². The Hall–Kier alpha value is -2.33. The van der Waals surface area contributed by atoms with Crippen LogP contribution in [-0.4, -0.2) is 18.4 Å². The van der Waals surface area contributed by atoms with Gasteiger partial charge in [0, 0.05) is 0 Å². The summed E-state index contributed by atoms with van der Waals surface area (Å²) < 4.78 is 0. The molecular weight excluding hydrogens is 324 g/mol. The van der Waals surface area contributed by atoms with Crippen LogP contribution in [0.3, 0.4) is 0 Å². The van der Waals surface area contributed by atoms with Crippen molar-refractivity contribution in [3.8, 4) is 0 Å². The van der Waals surface area contributed by atoms with Gasteiger partial charge in [-0.3, -0.25) is 9.59 Å². The lowest BCUT2D eigenvalue weighted by Gasteiger charge is -2.12. The van der Waals surface area contributed by atoms with Gasteiger partial charge in [0.15, 0.2) is 0 Å². The predicted molar refractivity (Wildman–Crippen MR) is 97.4 cm³/mol. The molecule has 0 radical (unpaired) electrons. The van der Waals surface area contributed by atoms with Crippen molar-refractivity contribution in [1.82, 2.24) is 5.32 Å². The van der Waals surface area contributed by atoms with Crippen LogP contribution >= 0.6 is 11.6 Å². The van der Waals surface area contributed by atoms with E-state index in [2.05, 4.69) is 10.6 Å². The van der Waals surface area contributed by atoms with Crippen molar-refractivity contribution in [1.29, 1.82) is 0 Å². The first-order chi connectivity index (χ1) is 11.4. The van der Waals surface area contributed by atoms with E-state index in [9.17, 15) is 9.59 Å². The number of aryl methyl sites for hydroxylation is 3. The number of hydrogen-bond acceptors (Lipinski definition) is 2. The molecule has 24 heavy (non-hydrogen) atoms. The normalized spacial score (nSPS) is 10.3. The average Bonchev–Trinajstić information content (AvgIpc) is 2.51. The van der Waals surface area contributed by atoms with E-state index in [0.29, 0.717) is 10.7 Å². The molecule has 2 amide bonds. The van der Waals surface area contributed by atoms with Crippen LogP contribution in [0.25, 0.3) is 0 Å². The van der Waals surface area contributed by atoms with E-state index in [4.69, 9.17) is 11.6 Å². The Morgan fingerprint density at radius 2 is 1.71 bits per heavy atom. The van der Waals surface area contributed by atoms with Gasteiger partial charge in [0.25, 0.3) is 0 Å². The number of carbonyl (C=O) groups excluding carboxylic acids is 2. The van der Waals surface area contributed by atoms with Crippen molar-refractivity contribution in [3.63, 3.8) is 0 Å². The molecule has 5 heteroatoms. The van der Waals surface area contributed by atoms with Crippen LogP contribution in [0.5, 0.6) is 0 Å². The van der Waals surface area contributed by atoms with E-state index in [1.165, 1.54) is 0 Å². The van der Waals surface area contributed by atoms with Gasteiger partial charge in [0.1, 0.15) is 0 Å². The smallest absolute Gasteiger partial charge is 0.243 e. The molecule has 0 spiro atoms. The van der Waals surface area contributed by atoms with Gasteiger partial charge in [0.05, 0.1) is 23.7 Å². The fraction of sp³-hybridized carbons (Fsp3) is 0.263. The fourth-order valence-corrected chi connectivity index (χ4v) is 2.85. The van der Waals surface area contributed by atoms with Crippen LogP contribution in [0, 0.1) is 20.8 Å². The molecule has 0 atom stereocenters. The standard InChI is InChI=1S/C19H21ClN2O2/c1-12-8-14(3)19(16(20)9-12)22-18(24)11-21-17(23)10-15-7-5-4-6-13(15)2/h4-9H,10-11H2,1-3H3,(H,21,23)(H,22,24). The van der Waals surface area contributed by atoms with E-state index in [1.54, 1.807) is 6.07 Å². The fourth-order valence-electron chi connectivity index (χ4n) is 2.48. The number of anilines is 1. The summed E-state index contributed by atoms with van der Waals surface area (Å²) in [5, 5.41) is 5.88. The summed E-state index contributed by atoms with van der Waals surface area (Å²) in [6.07, 6.45) is 0.254. The van der Waals surface area contributed by atoms with Gasteiger partial charge in [-0.1, -0.05) is 41.9 Å². The second kappa shape index (κ2) is 7.97. The monoisotopic (exact) mass is 344 g/mol. The highest BCUT2D eigenvalue weighted by Gasteiger charge is 2.11. The van der Waals surface area contributed by atoms with Crippen LogP contribution in [-0.2, 0) is 16.0 Å². The number of benzene rings is 2. The molecule has 4 nitrogen and oxygen atoms in total. The van der Waals surface area contributed by atoms with Crippen molar-refractivity contribution in [2.24, 2.45) is 0 Å². The number of rotatable bonds is 5. The highest BCUT2D eigenvalue weighted by Crippen LogP contribution is 2.27. The zero-order valence-electron chi connectivity index (χ0n) is 14.1. The lowest BCUT2D eigenvalue weighted by atomic mass is 10.1. The van der Waals surface area contributed by atoms with E-state index >= 15 is 0 Å². The van der Waals surface area contributed by atoms with Gasteiger partial charge in [-0.05, 0) is 49.1 Å². The summed E-state index contributed by atoms with van der Waals surface area (Å²) in [6.45, 7) is 5.69. The third-order valence-electron chi connectivity index (χ3n) is 3.75. The van der Waals surface area contributed by atoms with Gasteiger partial charge in [-0.25, -0.2) is 0 Å². The topological polar surface area (TPSA) is 58.2 Å². The highest BCUT2D eigenvalue weighted by molar-refractivity contribution is 6.34. The molecule has 0 saturated carbocycles. The molecular formula is C19H21ClN2O2. The van der Waals surface area contributed by atoms with Crippen LogP contribution < -0.4 is 10.6 Å². The van der Waals surface area contributed by atoms with Crippen LogP contribution in [0.15, 0.2) is 36.4 Å². The molecule has 0 aliphatic rings. The molecule has 2 N–H and O–H groups in total. The number of hydrogen-bond donors (Lipinski definition) is 2. The quantitative estimate of drug-likeness (QED) is 0.871. The molecule has 2 aromatic rings. The first-order valence-corrected chi connectivity index (χ1v) is 8.12. The first kappa shape index (κ1) is 18.0. The van der Waals surface area contributed by atoms with Crippen LogP contribution in [0.4, 0.5) is 5.69 Å². The average molecular weight is 345 g/mol. The molecule has 126 valence electrons. The van der Waals surface area contributed by atoms with Crippen molar-refractivity contribution >= 4 is 29.1 Å². The lowest BCUT2D eigenvalue weighted by molar-refractivity contribution is -0.123. The molecule has 0 aromatic heterocycles. The minimum atomic E-state index is -0.304. The Morgan fingerprint density at radius 3 is 2.38 bits per heavy atom. The Bertz CT molecular complexity index is 749. The van der Waals surface area contributed by atoms with Crippen LogP contribution in [0.1, 0.15) is 22.3 Å². The Labute approximate surface area is 147 Å². The predicted octanol–water partition coefficient (Wildman–Crippen LogP) is 3.56. The molecule has 0 heterocycles. The maximum absolute atomic E-state index is 12.0. The highest BCUT2D eigenvalue weighted by atomic mass is 35.5. The van der Waals surface area contributed by atoms with E-state index < -0.39 is 0 Å². The molecule has 0 saturated heterocycles. The van der Waals surface area contributed by atoms with E-state index in [-0.39, 0.29) is 24.8 Å². The maximum atomic E-state index is 12.0. The Balaban J connectivity index is 1.90. The molecule has 2 aromatic carbocycles. The van der Waals surface area contributed by atoms with Crippen molar-refractivity contribution in [2.75, 3.05) is 11.9 Å². The minimum absolute atomic E-state index is 0.0889. The van der Waals surface area contributed by atoms with Gasteiger partial charge in [-0.2, -0.15) is 0 Å². The number of carbonyl (C=O) groups is 2. The summed E-state index contributed by atoms with van der Waals surface area (Å²) in [4.78, 5) is 24.0. The Kier molecular flexibility index (Phi) is 5.99. The summed E-state index contributed by atoms with van der Waals surface area (Å²) >= 11 is 6.16.